The molecule has 0 fully saturated rings. The Labute approximate surface area is 113 Å². The molecule has 0 aliphatic heterocycles. The van der Waals surface area contributed by atoms with Gasteiger partial charge in [0.1, 0.15) is 0 Å². The van der Waals surface area contributed by atoms with Crippen molar-refractivity contribution in [3.8, 4) is 0 Å². The van der Waals surface area contributed by atoms with Gasteiger partial charge in [-0.15, -0.1) is 11.3 Å². The SMILES string of the molecule is [CH2]COCCNSSc1nc2ccccc2s1. The summed E-state index contributed by atoms with van der Waals surface area (Å²) in [7, 11) is 3.23. The number of aromatic nitrogens is 1. The zero-order chi connectivity index (χ0) is 11.9. The minimum absolute atomic E-state index is 0.525. The van der Waals surface area contributed by atoms with Crippen molar-refractivity contribution in [2.75, 3.05) is 19.8 Å². The zero-order valence-corrected chi connectivity index (χ0v) is 11.7. The molecule has 91 valence electrons. The molecule has 1 heterocycles. The maximum absolute atomic E-state index is 5.12. The van der Waals surface area contributed by atoms with Crippen LogP contribution in [0.15, 0.2) is 28.6 Å². The summed E-state index contributed by atoms with van der Waals surface area (Å²) in [5, 5.41) is 0. The maximum Gasteiger partial charge on any atom is 0.162 e. The highest BCUT2D eigenvalue weighted by Gasteiger charge is 2.03. The van der Waals surface area contributed by atoms with Crippen molar-refractivity contribution in [1.82, 2.24) is 9.71 Å². The molecule has 1 aromatic carbocycles. The summed E-state index contributed by atoms with van der Waals surface area (Å²) in [6.07, 6.45) is 0. The molecule has 0 saturated heterocycles. The molecular weight excluding hydrogens is 272 g/mol. The number of hydrogen-bond acceptors (Lipinski definition) is 6. The third-order valence-electron chi connectivity index (χ3n) is 1.94. The van der Waals surface area contributed by atoms with E-state index in [2.05, 4.69) is 22.7 Å². The molecule has 3 nitrogen and oxygen atoms in total. The molecule has 0 aliphatic carbocycles. The predicted octanol–water partition coefficient (Wildman–Crippen LogP) is 3.39. The zero-order valence-electron chi connectivity index (χ0n) is 9.22. The van der Waals surface area contributed by atoms with Crippen LogP contribution in [0.1, 0.15) is 0 Å². The average molecular weight is 285 g/mol. The van der Waals surface area contributed by atoms with E-state index in [0.717, 1.165) is 16.4 Å². The summed E-state index contributed by atoms with van der Waals surface area (Å²) in [4.78, 5) is 4.53. The lowest BCUT2D eigenvalue weighted by Crippen LogP contribution is -2.11. The lowest BCUT2D eigenvalue weighted by molar-refractivity contribution is 0.167. The Balaban J connectivity index is 1.75. The van der Waals surface area contributed by atoms with Crippen LogP contribution < -0.4 is 4.72 Å². The number of rotatable bonds is 7. The van der Waals surface area contributed by atoms with Gasteiger partial charge >= 0.3 is 0 Å². The van der Waals surface area contributed by atoms with Gasteiger partial charge in [0.2, 0.25) is 0 Å². The van der Waals surface area contributed by atoms with E-state index in [0.29, 0.717) is 13.2 Å². The molecule has 0 unspecified atom stereocenters. The van der Waals surface area contributed by atoms with Gasteiger partial charge in [-0.25, -0.2) is 4.98 Å². The quantitative estimate of drug-likeness (QED) is 0.479. The van der Waals surface area contributed by atoms with Gasteiger partial charge in [-0.1, -0.05) is 12.1 Å². The van der Waals surface area contributed by atoms with Crippen LogP contribution in [0, 0.1) is 6.92 Å². The molecule has 0 saturated carbocycles. The van der Waals surface area contributed by atoms with Crippen LogP contribution in [0.4, 0.5) is 0 Å². The number of benzene rings is 1. The van der Waals surface area contributed by atoms with E-state index in [1.54, 1.807) is 33.1 Å². The van der Waals surface area contributed by atoms with Crippen molar-refractivity contribution in [3.05, 3.63) is 31.2 Å². The maximum atomic E-state index is 5.12. The lowest BCUT2D eigenvalue weighted by Gasteiger charge is -2.01. The van der Waals surface area contributed by atoms with E-state index in [1.165, 1.54) is 4.70 Å². The summed E-state index contributed by atoms with van der Waals surface area (Å²) in [6.45, 7) is 5.64. The number of hydrogen-bond donors (Lipinski definition) is 1. The summed E-state index contributed by atoms with van der Waals surface area (Å²) < 4.78 is 10.6. The molecule has 1 N–H and O–H groups in total. The Morgan fingerprint density at radius 1 is 1.41 bits per heavy atom. The van der Waals surface area contributed by atoms with Gasteiger partial charge in [0, 0.05) is 13.2 Å². The van der Waals surface area contributed by atoms with Crippen LogP contribution >= 0.6 is 33.1 Å². The van der Waals surface area contributed by atoms with E-state index in [9.17, 15) is 0 Å². The number of ether oxygens (including phenoxy) is 1. The summed E-state index contributed by atoms with van der Waals surface area (Å²) in [5.41, 5.74) is 1.07. The topological polar surface area (TPSA) is 34.1 Å². The first kappa shape index (κ1) is 13.2. The minimum atomic E-state index is 0.525. The lowest BCUT2D eigenvalue weighted by atomic mass is 10.3. The molecule has 2 aromatic rings. The van der Waals surface area contributed by atoms with Crippen LogP contribution in [0.3, 0.4) is 0 Å². The number of fused-ring (bicyclic) bond motifs is 1. The van der Waals surface area contributed by atoms with Crippen LogP contribution in [0.2, 0.25) is 0 Å². The van der Waals surface area contributed by atoms with Crippen molar-refractivity contribution < 1.29 is 4.74 Å². The number of nitrogens with one attached hydrogen (secondary N) is 1. The van der Waals surface area contributed by atoms with Crippen molar-refractivity contribution in [2.24, 2.45) is 0 Å². The van der Waals surface area contributed by atoms with Crippen molar-refractivity contribution >= 4 is 43.3 Å². The number of thiazole rings is 1. The van der Waals surface area contributed by atoms with Gasteiger partial charge in [-0.2, -0.15) is 0 Å². The molecule has 0 spiro atoms. The Hall–Kier alpha value is -0.270. The van der Waals surface area contributed by atoms with E-state index in [1.807, 2.05) is 18.2 Å². The van der Waals surface area contributed by atoms with Crippen molar-refractivity contribution in [2.45, 2.75) is 4.34 Å². The summed E-state index contributed by atoms with van der Waals surface area (Å²) >= 11 is 1.72. The normalized spacial score (nSPS) is 11.1. The van der Waals surface area contributed by atoms with Crippen molar-refractivity contribution in [1.29, 1.82) is 0 Å². The van der Waals surface area contributed by atoms with Gasteiger partial charge in [0.25, 0.3) is 0 Å². The molecular formula is C11H13N2OS3. The third kappa shape index (κ3) is 4.15. The Kier molecular flexibility index (Phi) is 5.60. The second kappa shape index (κ2) is 7.23. The molecule has 0 aliphatic rings. The van der Waals surface area contributed by atoms with Gasteiger partial charge in [0.15, 0.2) is 4.34 Å². The monoisotopic (exact) mass is 285 g/mol. The highest BCUT2D eigenvalue weighted by molar-refractivity contribution is 8.76. The fourth-order valence-corrected chi connectivity index (χ4v) is 4.11. The molecule has 2 rings (SSSR count). The third-order valence-corrected chi connectivity index (χ3v) is 5.30. The van der Waals surface area contributed by atoms with Crippen LogP contribution in [-0.2, 0) is 4.74 Å². The Morgan fingerprint density at radius 3 is 3.12 bits per heavy atom. The van der Waals surface area contributed by atoms with Gasteiger partial charge in [-0.3, -0.25) is 4.72 Å². The fraction of sp³-hybridized carbons (Fsp3) is 0.273. The molecule has 0 amide bonds. The van der Waals surface area contributed by atoms with Gasteiger partial charge in [0.05, 0.1) is 16.8 Å². The van der Waals surface area contributed by atoms with E-state index in [-0.39, 0.29) is 0 Å². The van der Waals surface area contributed by atoms with Gasteiger partial charge < -0.3 is 4.74 Å². The molecule has 0 bridgehead atoms. The van der Waals surface area contributed by atoms with Crippen LogP contribution in [0.25, 0.3) is 10.2 Å². The standard InChI is InChI=1S/C11H13N2OS3/c1-2-14-8-7-12-17-16-11-13-9-5-3-4-6-10(9)15-11/h3-6,12H,1-2,7-8H2. The molecule has 1 radical (unpaired) electrons. The minimum Gasteiger partial charge on any atom is -0.380 e. The van der Waals surface area contributed by atoms with E-state index in [4.69, 9.17) is 4.74 Å². The second-order valence-corrected chi connectivity index (χ2v) is 6.42. The van der Waals surface area contributed by atoms with Crippen LogP contribution in [-0.4, -0.2) is 24.7 Å². The Bertz CT molecular complexity index is 428. The first-order valence-electron chi connectivity index (χ1n) is 5.19. The fourth-order valence-electron chi connectivity index (χ4n) is 1.21. The number of nitrogens with zero attached hydrogens (tertiary/aromatic N) is 1. The summed E-state index contributed by atoms with van der Waals surface area (Å²) in [5.74, 6) is 0. The second-order valence-electron chi connectivity index (χ2n) is 3.12. The molecule has 1 aromatic heterocycles. The number of para-hydroxylation sites is 1. The van der Waals surface area contributed by atoms with E-state index >= 15 is 0 Å². The molecule has 6 heteroatoms. The highest BCUT2D eigenvalue weighted by Crippen LogP contribution is 2.34. The first-order valence-corrected chi connectivity index (χ1v) is 8.15. The van der Waals surface area contributed by atoms with E-state index < -0.39 is 0 Å². The van der Waals surface area contributed by atoms with Gasteiger partial charge in [-0.05, 0) is 40.8 Å². The predicted molar refractivity (Wildman–Crippen MR) is 77.2 cm³/mol. The average Bonchev–Trinajstić information content (AvgIpc) is 2.76. The Morgan fingerprint density at radius 2 is 2.29 bits per heavy atom. The highest BCUT2D eigenvalue weighted by atomic mass is 33.1. The molecule has 17 heavy (non-hydrogen) atoms. The largest absolute Gasteiger partial charge is 0.380 e. The van der Waals surface area contributed by atoms with Crippen LogP contribution in [0.5, 0.6) is 0 Å². The van der Waals surface area contributed by atoms with Crippen molar-refractivity contribution in [3.63, 3.8) is 0 Å². The smallest absolute Gasteiger partial charge is 0.162 e. The summed E-state index contributed by atoms with van der Waals surface area (Å²) in [6, 6.07) is 8.18. The first-order chi connectivity index (χ1) is 8.40. The molecule has 0 atom stereocenters.